The van der Waals surface area contributed by atoms with Gasteiger partial charge in [0.2, 0.25) is 5.91 Å². The van der Waals surface area contributed by atoms with Gasteiger partial charge in [-0.15, -0.1) is 0 Å². The van der Waals surface area contributed by atoms with E-state index in [2.05, 4.69) is 5.32 Å². The van der Waals surface area contributed by atoms with E-state index >= 15 is 0 Å². The monoisotopic (exact) mass is 275 g/mol. The minimum absolute atomic E-state index is 0.159. The Hall–Kier alpha value is -1.51. The second-order valence-corrected chi connectivity index (χ2v) is 5.57. The number of hydrogen-bond donors (Lipinski definition) is 1. The van der Waals surface area contributed by atoms with Crippen LogP contribution in [0.3, 0.4) is 0 Å². The number of hydrogen-bond acceptors (Lipinski definition) is 2. The van der Waals surface area contributed by atoms with Gasteiger partial charge >= 0.3 is 0 Å². The summed E-state index contributed by atoms with van der Waals surface area (Å²) in [4.78, 5) is 11.7. The van der Waals surface area contributed by atoms with E-state index in [0.717, 1.165) is 18.7 Å². The summed E-state index contributed by atoms with van der Waals surface area (Å²) in [6.07, 6.45) is 7.89. The molecule has 110 valence electrons. The van der Waals surface area contributed by atoms with E-state index < -0.39 is 0 Å². The molecule has 0 saturated heterocycles. The summed E-state index contributed by atoms with van der Waals surface area (Å²) < 4.78 is 5.57. The van der Waals surface area contributed by atoms with Gasteiger partial charge in [0, 0.05) is 13.0 Å². The standard InChI is InChI=1S/C17H25NO2/c19-17(18-14-15-8-3-1-4-9-15)12-7-13-20-16-10-5-2-6-11-16/h2,5-6,10-11,15H,1,3-4,7-9,12-14H2,(H,18,19). The molecule has 1 aromatic carbocycles. The van der Waals surface area contributed by atoms with Gasteiger partial charge in [0.1, 0.15) is 5.75 Å². The number of carbonyl (C=O) groups excluding carboxylic acids is 1. The molecule has 0 spiro atoms. The van der Waals surface area contributed by atoms with E-state index in [1.807, 2.05) is 30.3 Å². The van der Waals surface area contributed by atoms with Gasteiger partial charge in [-0.1, -0.05) is 37.5 Å². The van der Waals surface area contributed by atoms with Crippen LogP contribution in [0.5, 0.6) is 5.75 Å². The number of carbonyl (C=O) groups is 1. The Morgan fingerprint density at radius 1 is 1.15 bits per heavy atom. The predicted octanol–water partition coefficient (Wildman–Crippen LogP) is 3.54. The first-order valence-electron chi connectivity index (χ1n) is 7.79. The maximum absolute atomic E-state index is 11.7. The molecule has 0 atom stereocenters. The van der Waals surface area contributed by atoms with Gasteiger partial charge in [-0.3, -0.25) is 4.79 Å². The Balaban J connectivity index is 1.51. The summed E-state index contributed by atoms with van der Waals surface area (Å²) in [5.41, 5.74) is 0. The fraction of sp³-hybridized carbons (Fsp3) is 0.588. The first kappa shape index (κ1) is 14.9. The molecular formula is C17H25NO2. The lowest BCUT2D eigenvalue weighted by Crippen LogP contribution is -2.30. The minimum atomic E-state index is 0.159. The van der Waals surface area contributed by atoms with Crippen molar-refractivity contribution in [3.63, 3.8) is 0 Å². The van der Waals surface area contributed by atoms with Crippen molar-refractivity contribution >= 4 is 5.91 Å². The second-order valence-electron chi connectivity index (χ2n) is 5.57. The first-order valence-corrected chi connectivity index (χ1v) is 7.79. The summed E-state index contributed by atoms with van der Waals surface area (Å²) in [6, 6.07) is 9.73. The Morgan fingerprint density at radius 2 is 1.90 bits per heavy atom. The van der Waals surface area contributed by atoms with E-state index in [1.54, 1.807) is 0 Å². The lowest BCUT2D eigenvalue weighted by atomic mass is 9.89. The summed E-state index contributed by atoms with van der Waals surface area (Å²) in [5, 5.41) is 3.06. The average molecular weight is 275 g/mol. The van der Waals surface area contributed by atoms with Crippen LogP contribution in [0.25, 0.3) is 0 Å². The van der Waals surface area contributed by atoms with E-state index in [-0.39, 0.29) is 5.91 Å². The Kier molecular flexibility index (Phi) is 6.42. The maximum Gasteiger partial charge on any atom is 0.220 e. The number of nitrogens with one attached hydrogen (secondary N) is 1. The molecule has 0 radical (unpaired) electrons. The van der Waals surface area contributed by atoms with Gasteiger partial charge in [-0.25, -0.2) is 0 Å². The second kappa shape index (κ2) is 8.62. The maximum atomic E-state index is 11.7. The molecule has 1 fully saturated rings. The zero-order valence-corrected chi connectivity index (χ0v) is 12.1. The molecule has 0 aliphatic heterocycles. The van der Waals surface area contributed by atoms with Crippen molar-refractivity contribution < 1.29 is 9.53 Å². The average Bonchev–Trinajstić information content (AvgIpc) is 2.52. The summed E-state index contributed by atoms with van der Waals surface area (Å²) in [6.45, 7) is 1.46. The van der Waals surface area contributed by atoms with Crippen molar-refractivity contribution in [2.45, 2.75) is 44.9 Å². The van der Waals surface area contributed by atoms with E-state index in [0.29, 0.717) is 18.9 Å². The van der Waals surface area contributed by atoms with E-state index in [4.69, 9.17) is 4.74 Å². The van der Waals surface area contributed by atoms with Crippen molar-refractivity contribution in [1.29, 1.82) is 0 Å². The van der Waals surface area contributed by atoms with Crippen molar-refractivity contribution in [3.05, 3.63) is 30.3 Å². The summed E-state index contributed by atoms with van der Waals surface area (Å²) >= 11 is 0. The fourth-order valence-corrected chi connectivity index (χ4v) is 2.68. The Labute approximate surface area is 121 Å². The van der Waals surface area contributed by atoms with Gasteiger partial charge in [0.05, 0.1) is 6.61 Å². The minimum Gasteiger partial charge on any atom is -0.494 e. The highest BCUT2D eigenvalue weighted by Gasteiger charge is 2.13. The fourth-order valence-electron chi connectivity index (χ4n) is 2.68. The number of para-hydroxylation sites is 1. The highest BCUT2D eigenvalue weighted by atomic mass is 16.5. The van der Waals surface area contributed by atoms with Crippen LogP contribution in [0, 0.1) is 5.92 Å². The normalized spacial score (nSPS) is 15.8. The molecule has 0 aromatic heterocycles. The van der Waals surface area contributed by atoms with Crippen LogP contribution in [-0.2, 0) is 4.79 Å². The van der Waals surface area contributed by atoms with Gasteiger partial charge in [-0.05, 0) is 37.3 Å². The smallest absolute Gasteiger partial charge is 0.220 e. The molecule has 0 unspecified atom stereocenters. The third-order valence-corrected chi connectivity index (χ3v) is 3.87. The van der Waals surface area contributed by atoms with Gasteiger partial charge in [-0.2, -0.15) is 0 Å². The topological polar surface area (TPSA) is 38.3 Å². The molecule has 20 heavy (non-hydrogen) atoms. The van der Waals surface area contributed by atoms with Crippen molar-refractivity contribution in [2.75, 3.05) is 13.2 Å². The van der Waals surface area contributed by atoms with Crippen LogP contribution in [0.1, 0.15) is 44.9 Å². The van der Waals surface area contributed by atoms with E-state index in [1.165, 1.54) is 32.1 Å². The van der Waals surface area contributed by atoms with Gasteiger partial charge in [0.15, 0.2) is 0 Å². The molecule has 1 aliphatic carbocycles. The summed E-state index contributed by atoms with van der Waals surface area (Å²) in [7, 11) is 0. The molecule has 0 heterocycles. The highest BCUT2D eigenvalue weighted by molar-refractivity contribution is 5.75. The van der Waals surface area contributed by atoms with Crippen LogP contribution in [0.4, 0.5) is 0 Å². The van der Waals surface area contributed by atoms with Gasteiger partial charge in [0.25, 0.3) is 0 Å². The molecule has 1 N–H and O–H groups in total. The predicted molar refractivity (Wildman–Crippen MR) is 80.8 cm³/mol. The molecule has 3 heteroatoms. The number of amides is 1. The molecule has 3 nitrogen and oxygen atoms in total. The molecule has 1 saturated carbocycles. The quantitative estimate of drug-likeness (QED) is 0.773. The Morgan fingerprint density at radius 3 is 2.65 bits per heavy atom. The molecular weight excluding hydrogens is 250 g/mol. The van der Waals surface area contributed by atoms with Crippen LogP contribution in [-0.4, -0.2) is 19.1 Å². The third kappa shape index (κ3) is 5.64. The highest BCUT2D eigenvalue weighted by Crippen LogP contribution is 2.22. The lowest BCUT2D eigenvalue weighted by Gasteiger charge is -2.21. The van der Waals surface area contributed by atoms with Crippen LogP contribution < -0.4 is 10.1 Å². The van der Waals surface area contributed by atoms with Crippen molar-refractivity contribution in [1.82, 2.24) is 5.32 Å². The third-order valence-electron chi connectivity index (χ3n) is 3.87. The molecule has 1 aromatic rings. The van der Waals surface area contributed by atoms with Crippen molar-refractivity contribution in [3.8, 4) is 5.75 Å². The van der Waals surface area contributed by atoms with Crippen molar-refractivity contribution in [2.24, 2.45) is 5.92 Å². The zero-order chi connectivity index (χ0) is 14.0. The zero-order valence-electron chi connectivity index (χ0n) is 12.1. The van der Waals surface area contributed by atoms with Crippen LogP contribution >= 0.6 is 0 Å². The van der Waals surface area contributed by atoms with E-state index in [9.17, 15) is 4.79 Å². The van der Waals surface area contributed by atoms with Crippen LogP contribution in [0.15, 0.2) is 30.3 Å². The summed E-state index contributed by atoms with van der Waals surface area (Å²) in [5.74, 6) is 1.73. The van der Waals surface area contributed by atoms with Gasteiger partial charge < -0.3 is 10.1 Å². The number of ether oxygens (including phenoxy) is 1. The molecule has 1 amide bonds. The largest absolute Gasteiger partial charge is 0.494 e. The number of rotatable bonds is 7. The Bertz CT molecular complexity index is 385. The lowest BCUT2D eigenvalue weighted by molar-refractivity contribution is -0.121. The van der Waals surface area contributed by atoms with Crippen LogP contribution in [0.2, 0.25) is 0 Å². The molecule has 1 aliphatic rings. The molecule has 0 bridgehead atoms. The SMILES string of the molecule is O=C(CCCOc1ccccc1)NCC1CCCCC1. The molecule has 2 rings (SSSR count). The first-order chi connectivity index (χ1) is 9.84. The number of benzene rings is 1.